The van der Waals surface area contributed by atoms with Gasteiger partial charge in [0.1, 0.15) is 12.6 Å². The van der Waals surface area contributed by atoms with Crippen LogP contribution in [0.5, 0.6) is 0 Å². The average molecular weight is 311 g/mol. The number of carbonyl (C=O) groups excluding carboxylic acids is 2. The third kappa shape index (κ3) is 6.80. The molecule has 0 radical (unpaired) electrons. The molecule has 1 atom stereocenters. The number of nitrogens with one attached hydrogen (secondary N) is 1. The van der Waals surface area contributed by atoms with Crippen LogP contribution in [0.15, 0.2) is 30.3 Å². The van der Waals surface area contributed by atoms with Crippen molar-refractivity contribution in [3.05, 3.63) is 35.9 Å². The van der Waals surface area contributed by atoms with E-state index >= 15 is 0 Å². The fraction of sp³-hybridized carbons (Fsp3) is 0.357. The summed E-state index contributed by atoms with van der Waals surface area (Å²) in [5.41, 5.74) is 0.825. The molecule has 0 aromatic heterocycles. The zero-order chi connectivity index (χ0) is 15.7. The van der Waals surface area contributed by atoms with Crippen LogP contribution in [0.4, 0.5) is 4.79 Å². The lowest BCUT2D eigenvalue weighted by atomic mass is 10.2. The second kappa shape index (κ2) is 9.02. The summed E-state index contributed by atoms with van der Waals surface area (Å²) in [4.78, 5) is 33.8. The van der Waals surface area contributed by atoms with Crippen molar-refractivity contribution >= 4 is 28.9 Å². The van der Waals surface area contributed by atoms with Crippen molar-refractivity contribution in [2.24, 2.45) is 0 Å². The lowest BCUT2D eigenvalue weighted by Gasteiger charge is -2.15. The second-order valence-corrected chi connectivity index (χ2v) is 5.02. The topological polar surface area (TPSA) is 92.7 Å². The van der Waals surface area contributed by atoms with Gasteiger partial charge in [0.05, 0.1) is 0 Å². The molecule has 0 aliphatic heterocycles. The van der Waals surface area contributed by atoms with Gasteiger partial charge in [0.2, 0.25) is 5.12 Å². The standard InChI is InChI=1S/C14H17NO5S/c1-21-13(18)11(7-8-12(16)17)15-14(19)20-9-10-5-3-2-4-6-10/h2-6,11H,7-9H2,1H3,(H,15,19)(H,16,17)/t11-/m0/s1. The summed E-state index contributed by atoms with van der Waals surface area (Å²) in [6.45, 7) is 0.0891. The highest BCUT2D eigenvalue weighted by Gasteiger charge is 2.21. The molecule has 1 aromatic carbocycles. The van der Waals surface area contributed by atoms with Crippen molar-refractivity contribution in [3.8, 4) is 0 Å². The summed E-state index contributed by atoms with van der Waals surface area (Å²) in [6, 6.07) is 8.25. The zero-order valence-electron chi connectivity index (χ0n) is 11.6. The molecule has 7 heteroatoms. The van der Waals surface area contributed by atoms with E-state index in [2.05, 4.69) is 5.32 Å². The second-order valence-electron chi connectivity index (χ2n) is 4.21. The Labute approximate surface area is 126 Å². The fourth-order valence-electron chi connectivity index (χ4n) is 1.57. The SMILES string of the molecule is CSC(=O)[C@H](CCC(=O)O)NC(=O)OCc1ccccc1. The van der Waals surface area contributed by atoms with Crippen LogP contribution in [0.1, 0.15) is 18.4 Å². The first-order valence-corrected chi connectivity index (χ1v) is 7.52. The van der Waals surface area contributed by atoms with Crippen molar-refractivity contribution < 1.29 is 24.2 Å². The molecule has 1 aromatic rings. The molecular formula is C14H17NO5S. The molecule has 0 unspecified atom stereocenters. The van der Waals surface area contributed by atoms with Gasteiger partial charge in [0, 0.05) is 6.42 Å². The molecule has 1 amide bonds. The Bertz CT molecular complexity index is 491. The molecule has 1 rings (SSSR count). The Hall–Kier alpha value is -2.02. The van der Waals surface area contributed by atoms with E-state index in [1.165, 1.54) is 0 Å². The summed E-state index contributed by atoms with van der Waals surface area (Å²) in [5.74, 6) is -1.02. The molecule has 0 spiro atoms. The van der Waals surface area contributed by atoms with Gasteiger partial charge in [0.25, 0.3) is 0 Å². The van der Waals surface area contributed by atoms with E-state index in [0.717, 1.165) is 17.3 Å². The van der Waals surface area contributed by atoms with Crippen LogP contribution in [0.25, 0.3) is 0 Å². The lowest BCUT2D eigenvalue weighted by Crippen LogP contribution is -2.40. The fourth-order valence-corrected chi connectivity index (χ4v) is 2.03. The maximum Gasteiger partial charge on any atom is 0.408 e. The summed E-state index contributed by atoms with van der Waals surface area (Å²) < 4.78 is 5.00. The van der Waals surface area contributed by atoms with E-state index < -0.39 is 18.1 Å². The first-order valence-electron chi connectivity index (χ1n) is 6.29. The van der Waals surface area contributed by atoms with Gasteiger partial charge < -0.3 is 15.2 Å². The molecule has 0 aliphatic rings. The Balaban J connectivity index is 2.47. The highest BCUT2D eigenvalue weighted by molar-refractivity contribution is 8.13. The largest absolute Gasteiger partial charge is 0.481 e. The quantitative estimate of drug-likeness (QED) is 0.800. The minimum Gasteiger partial charge on any atom is -0.481 e. The van der Waals surface area contributed by atoms with Gasteiger partial charge in [-0.15, -0.1) is 0 Å². The summed E-state index contributed by atoms with van der Waals surface area (Å²) >= 11 is 0.939. The molecule has 0 saturated heterocycles. The summed E-state index contributed by atoms with van der Waals surface area (Å²) in [5, 5.41) is 10.7. The molecule has 0 aliphatic carbocycles. The minimum absolute atomic E-state index is 0.0371. The Morgan fingerprint density at radius 3 is 2.52 bits per heavy atom. The smallest absolute Gasteiger partial charge is 0.408 e. The zero-order valence-corrected chi connectivity index (χ0v) is 12.4. The van der Waals surface area contributed by atoms with E-state index in [9.17, 15) is 14.4 Å². The number of hydrogen-bond acceptors (Lipinski definition) is 5. The number of thioether (sulfide) groups is 1. The van der Waals surface area contributed by atoms with Crippen LogP contribution >= 0.6 is 11.8 Å². The number of amides is 1. The molecule has 0 bridgehead atoms. The van der Waals surface area contributed by atoms with Crippen molar-refractivity contribution in [3.63, 3.8) is 0 Å². The molecule has 0 heterocycles. The van der Waals surface area contributed by atoms with Crippen LogP contribution < -0.4 is 5.32 Å². The maximum absolute atomic E-state index is 11.6. The number of hydrogen-bond donors (Lipinski definition) is 2. The monoisotopic (exact) mass is 311 g/mol. The van der Waals surface area contributed by atoms with E-state index in [-0.39, 0.29) is 24.6 Å². The third-order valence-corrected chi connectivity index (χ3v) is 3.32. The van der Waals surface area contributed by atoms with Crippen LogP contribution in [0, 0.1) is 0 Å². The van der Waals surface area contributed by atoms with Gasteiger partial charge in [-0.1, -0.05) is 42.1 Å². The molecule has 6 nitrogen and oxygen atoms in total. The molecule has 0 saturated carbocycles. The van der Waals surface area contributed by atoms with Gasteiger partial charge in [-0.05, 0) is 18.2 Å². The number of ether oxygens (including phenoxy) is 1. The Morgan fingerprint density at radius 1 is 1.29 bits per heavy atom. The number of rotatable bonds is 7. The average Bonchev–Trinajstić information content (AvgIpc) is 2.49. The van der Waals surface area contributed by atoms with E-state index in [0.29, 0.717) is 0 Å². The highest BCUT2D eigenvalue weighted by Crippen LogP contribution is 2.08. The van der Waals surface area contributed by atoms with Gasteiger partial charge >= 0.3 is 12.1 Å². The predicted molar refractivity (Wildman–Crippen MR) is 78.9 cm³/mol. The van der Waals surface area contributed by atoms with Crippen molar-refractivity contribution in [2.75, 3.05) is 6.26 Å². The normalized spacial score (nSPS) is 11.5. The highest BCUT2D eigenvalue weighted by atomic mass is 32.2. The van der Waals surface area contributed by atoms with Crippen molar-refractivity contribution in [1.29, 1.82) is 0 Å². The summed E-state index contributed by atoms with van der Waals surface area (Å²) in [7, 11) is 0. The van der Waals surface area contributed by atoms with Crippen molar-refractivity contribution in [2.45, 2.75) is 25.5 Å². The first-order chi connectivity index (χ1) is 10.0. The van der Waals surface area contributed by atoms with Gasteiger partial charge in [-0.2, -0.15) is 0 Å². The number of carbonyl (C=O) groups is 3. The van der Waals surface area contributed by atoms with Crippen molar-refractivity contribution in [1.82, 2.24) is 5.32 Å². The molecule has 0 fully saturated rings. The van der Waals surface area contributed by atoms with Crippen LogP contribution in [0.2, 0.25) is 0 Å². The number of carboxylic acid groups (broad SMARTS) is 1. The lowest BCUT2D eigenvalue weighted by molar-refractivity contribution is -0.137. The van der Waals surface area contributed by atoms with Crippen LogP contribution in [0.3, 0.4) is 0 Å². The molecule has 114 valence electrons. The van der Waals surface area contributed by atoms with Gasteiger partial charge in [0.15, 0.2) is 0 Å². The third-order valence-electron chi connectivity index (χ3n) is 2.64. The van der Waals surface area contributed by atoms with E-state index in [4.69, 9.17) is 9.84 Å². The molecular weight excluding hydrogens is 294 g/mol. The van der Waals surface area contributed by atoms with Crippen LogP contribution in [-0.2, 0) is 20.9 Å². The van der Waals surface area contributed by atoms with Gasteiger partial charge in [-0.25, -0.2) is 4.79 Å². The first kappa shape index (κ1) is 17.0. The number of benzene rings is 1. The molecule has 21 heavy (non-hydrogen) atoms. The summed E-state index contributed by atoms with van der Waals surface area (Å²) in [6.07, 6.45) is 0.676. The number of alkyl carbamates (subject to hydrolysis) is 1. The number of aliphatic carboxylic acids is 1. The maximum atomic E-state index is 11.6. The van der Waals surface area contributed by atoms with E-state index in [1.54, 1.807) is 6.26 Å². The van der Waals surface area contributed by atoms with E-state index in [1.807, 2.05) is 30.3 Å². The Morgan fingerprint density at radius 2 is 1.95 bits per heavy atom. The number of carboxylic acids is 1. The van der Waals surface area contributed by atoms with Crippen LogP contribution in [-0.4, -0.2) is 34.6 Å². The Kier molecular flexibility index (Phi) is 7.31. The minimum atomic E-state index is -1.02. The molecule has 2 N–H and O–H groups in total. The predicted octanol–water partition coefficient (Wildman–Crippen LogP) is 2.04. The van der Waals surface area contributed by atoms with Gasteiger partial charge in [-0.3, -0.25) is 9.59 Å².